The Kier molecular flexibility index (Phi) is 3.61. The van der Waals surface area contributed by atoms with Gasteiger partial charge in [0, 0.05) is 18.3 Å². The van der Waals surface area contributed by atoms with E-state index in [9.17, 15) is 0 Å². The molecular weight excluding hydrogens is 230 g/mol. The fraction of sp³-hybridized carbons (Fsp3) is 0.923. The molecule has 0 amide bonds. The van der Waals surface area contributed by atoms with Crippen molar-refractivity contribution in [3.8, 4) is 0 Å². The van der Waals surface area contributed by atoms with Gasteiger partial charge in [-0.1, -0.05) is 11.8 Å². The van der Waals surface area contributed by atoms with Crippen LogP contribution in [0.5, 0.6) is 0 Å². The molecule has 3 aliphatic rings. The summed E-state index contributed by atoms with van der Waals surface area (Å²) in [6.45, 7) is 4.70. The molecule has 3 rings (SSSR count). The molecule has 2 unspecified atom stereocenters. The Morgan fingerprint density at radius 3 is 3.06 bits per heavy atom. The molecule has 1 saturated carbocycles. The van der Waals surface area contributed by atoms with E-state index in [4.69, 9.17) is 0 Å². The number of piperidine rings is 1. The Labute approximate surface area is 108 Å². The number of amidine groups is 1. The molecule has 0 radical (unpaired) electrons. The van der Waals surface area contributed by atoms with Crippen molar-refractivity contribution in [3.05, 3.63) is 0 Å². The number of hydrogen-bond acceptors (Lipinski definition) is 4. The zero-order chi connectivity index (χ0) is 11.7. The Morgan fingerprint density at radius 1 is 1.41 bits per heavy atom. The monoisotopic (exact) mass is 253 g/mol. The molecule has 0 aromatic carbocycles. The van der Waals surface area contributed by atoms with Crippen molar-refractivity contribution in [1.82, 2.24) is 10.2 Å². The highest BCUT2D eigenvalue weighted by molar-refractivity contribution is 8.14. The summed E-state index contributed by atoms with van der Waals surface area (Å²) >= 11 is 2.00. The van der Waals surface area contributed by atoms with Crippen LogP contribution in [0.15, 0.2) is 4.99 Å². The maximum absolute atomic E-state index is 4.64. The molecule has 96 valence electrons. The third kappa shape index (κ3) is 3.16. The summed E-state index contributed by atoms with van der Waals surface area (Å²) in [4.78, 5) is 7.09. The predicted molar refractivity (Wildman–Crippen MR) is 74.6 cm³/mol. The molecule has 1 aliphatic carbocycles. The van der Waals surface area contributed by atoms with Gasteiger partial charge >= 0.3 is 0 Å². The molecule has 3 nitrogen and oxygen atoms in total. The quantitative estimate of drug-likeness (QED) is 0.831. The van der Waals surface area contributed by atoms with Gasteiger partial charge in [-0.3, -0.25) is 4.99 Å². The van der Waals surface area contributed by atoms with E-state index in [1.54, 1.807) is 0 Å². The smallest absolute Gasteiger partial charge is 0.156 e. The van der Waals surface area contributed by atoms with E-state index in [0.717, 1.165) is 30.2 Å². The number of nitrogens with one attached hydrogen (secondary N) is 1. The van der Waals surface area contributed by atoms with Crippen LogP contribution in [0.1, 0.15) is 25.7 Å². The lowest BCUT2D eigenvalue weighted by Crippen LogP contribution is -2.38. The molecule has 4 heteroatoms. The summed E-state index contributed by atoms with van der Waals surface area (Å²) in [7, 11) is 2.23. The summed E-state index contributed by atoms with van der Waals surface area (Å²) in [6, 6.07) is 0. The lowest BCUT2D eigenvalue weighted by atomic mass is 9.99. The van der Waals surface area contributed by atoms with E-state index in [1.807, 2.05) is 11.8 Å². The van der Waals surface area contributed by atoms with Gasteiger partial charge in [-0.15, -0.1) is 0 Å². The first-order valence-electron chi connectivity index (χ1n) is 6.95. The van der Waals surface area contributed by atoms with Crippen LogP contribution in [-0.4, -0.2) is 48.5 Å². The van der Waals surface area contributed by atoms with Crippen molar-refractivity contribution in [2.75, 3.05) is 33.2 Å². The summed E-state index contributed by atoms with van der Waals surface area (Å²) in [5.41, 5.74) is 0. The second kappa shape index (κ2) is 5.19. The lowest BCUT2D eigenvalue weighted by Gasteiger charge is -2.29. The maximum Gasteiger partial charge on any atom is 0.156 e. The van der Waals surface area contributed by atoms with Gasteiger partial charge in [-0.25, -0.2) is 0 Å². The van der Waals surface area contributed by atoms with Gasteiger partial charge < -0.3 is 10.2 Å². The number of rotatable bonds is 3. The first-order valence-corrected chi connectivity index (χ1v) is 7.83. The zero-order valence-corrected chi connectivity index (χ0v) is 11.5. The van der Waals surface area contributed by atoms with Gasteiger partial charge in [-0.05, 0) is 51.1 Å². The molecule has 2 fully saturated rings. The van der Waals surface area contributed by atoms with Crippen LogP contribution >= 0.6 is 11.8 Å². The molecule has 0 spiro atoms. The van der Waals surface area contributed by atoms with E-state index >= 15 is 0 Å². The minimum Gasteiger partial charge on any atom is -0.365 e. The average molecular weight is 253 g/mol. The van der Waals surface area contributed by atoms with Crippen molar-refractivity contribution in [2.45, 2.75) is 30.9 Å². The van der Waals surface area contributed by atoms with Crippen molar-refractivity contribution in [1.29, 1.82) is 0 Å². The molecule has 0 aromatic rings. The molecule has 0 aromatic heterocycles. The van der Waals surface area contributed by atoms with Crippen molar-refractivity contribution < 1.29 is 0 Å². The fourth-order valence-electron chi connectivity index (χ4n) is 2.87. The van der Waals surface area contributed by atoms with E-state index in [2.05, 4.69) is 22.3 Å². The standard InChI is InChI=1S/C13H23N3S/c1-16-6-2-3-10(9-16)7-14-13-15-8-12(17-13)11-4-5-11/h10-12H,2-9H2,1H3,(H,14,15). The van der Waals surface area contributed by atoms with Gasteiger partial charge in [0.05, 0.1) is 6.54 Å². The SMILES string of the molecule is CN1CCCC(CNC2=NCC(C3CC3)S2)C1. The van der Waals surface area contributed by atoms with Gasteiger partial charge in [0.2, 0.25) is 0 Å². The molecule has 1 N–H and O–H groups in total. The summed E-state index contributed by atoms with van der Waals surface area (Å²) in [5.74, 6) is 1.79. The van der Waals surface area contributed by atoms with Gasteiger partial charge in [-0.2, -0.15) is 0 Å². The molecule has 17 heavy (non-hydrogen) atoms. The number of hydrogen-bond donors (Lipinski definition) is 1. The van der Waals surface area contributed by atoms with E-state index in [1.165, 1.54) is 43.9 Å². The van der Waals surface area contributed by atoms with E-state index in [-0.39, 0.29) is 0 Å². The Bertz CT molecular complexity index is 301. The van der Waals surface area contributed by atoms with Crippen LogP contribution in [0.2, 0.25) is 0 Å². The van der Waals surface area contributed by atoms with Crippen molar-refractivity contribution >= 4 is 16.9 Å². The molecule has 2 heterocycles. The molecule has 0 bridgehead atoms. The summed E-state index contributed by atoms with van der Waals surface area (Å²) in [6.07, 6.45) is 5.61. The minimum absolute atomic E-state index is 0.798. The Balaban J connectivity index is 1.39. The van der Waals surface area contributed by atoms with Crippen LogP contribution in [0.25, 0.3) is 0 Å². The predicted octanol–water partition coefficient (Wildman–Crippen LogP) is 1.80. The zero-order valence-electron chi connectivity index (χ0n) is 10.7. The second-order valence-corrected chi connectivity index (χ2v) is 7.02. The molecule has 2 atom stereocenters. The van der Waals surface area contributed by atoms with Crippen LogP contribution in [0.4, 0.5) is 0 Å². The number of thioether (sulfide) groups is 1. The minimum atomic E-state index is 0.798. The third-order valence-electron chi connectivity index (χ3n) is 4.09. The highest BCUT2D eigenvalue weighted by Gasteiger charge is 2.35. The highest BCUT2D eigenvalue weighted by atomic mass is 32.2. The summed E-state index contributed by atoms with van der Waals surface area (Å²) in [5, 5.41) is 5.59. The largest absolute Gasteiger partial charge is 0.365 e. The van der Waals surface area contributed by atoms with Gasteiger partial charge in [0.15, 0.2) is 5.17 Å². The lowest BCUT2D eigenvalue weighted by molar-refractivity contribution is 0.211. The Morgan fingerprint density at radius 2 is 2.29 bits per heavy atom. The number of nitrogens with zero attached hydrogens (tertiary/aromatic N) is 2. The maximum atomic E-state index is 4.64. The summed E-state index contributed by atoms with van der Waals surface area (Å²) < 4.78 is 0. The Hall–Kier alpha value is -0.220. The number of likely N-dealkylation sites (tertiary alicyclic amines) is 1. The van der Waals surface area contributed by atoms with E-state index in [0.29, 0.717) is 0 Å². The van der Waals surface area contributed by atoms with Crippen LogP contribution in [-0.2, 0) is 0 Å². The van der Waals surface area contributed by atoms with Gasteiger partial charge in [0.1, 0.15) is 0 Å². The third-order valence-corrected chi connectivity index (χ3v) is 5.42. The van der Waals surface area contributed by atoms with Crippen molar-refractivity contribution in [3.63, 3.8) is 0 Å². The van der Waals surface area contributed by atoms with Gasteiger partial charge in [0.25, 0.3) is 0 Å². The molecule has 2 aliphatic heterocycles. The van der Waals surface area contributed by atoms with Crippen LogP contribution < -0.4 is 5.32 Å². The normalized spacial score (nSPS) is 34.8. The molecule has 1 saturated heterocycles. The first-order chi connectivity index (χ1) is 8.31. The number of aliphatic imine (C=N–C) groups is 1. The second-order valence-electron chi connectivity index (χ2n) is 5.79. The first kappa shape index (κ1) is 11.8. The topological polar surface area (TPSA) is 27.6 Å². The average Bonchev–Trinajstić information content (AvgIpc) is 3.07. The van der Waals surface area contributed by atoms with Crippen LogP contribution in [0.3, 0.4) is 0 Å². The van der Waals surface area contributed by atoms with Crippen LogP contribution in [0, 0.1) is 11.8 Å². The highest BCUT2D eigenvalue weighted by Crippen LogP contribution is 2.41. The van der Waals surface area contributed by atoms with Crippen molar-refractivity contribution in [2.24, 2.45) is 16.8 Å². The molecular formula is C13H23N3S. The van der Waals surface area contributed by atoms with E-state index < -0.39 is 0 Å². The fourth-order valence-corrected chi connectivity index (χ4v) is 4.09.